The number of carbonyl (C=O) groups excluding carboxylic acids is 1. The van der Waals surface area contributed by atoms with Crippen LogP contribution >= 0.6 is 0 Å². The van der Waals surface area contributed by atoms with Crippen LogP contribution in [0.3, 0.4) is 0 Å². The molecule has 0 fully saturated rings. The van der Waals surface area contributed by atoms with Crippen LogP contribution in [0.5, 0.6) is 5.88 Å². The van der Waals surface area contributed by atoms with E-state index in [2.05, 4.69) is 15.4 Å². The van der Waals surface area contributed by atoms with Crippen molar-refractivity contribution in [1.82, 2.24) is 20.1 Å². The molecule has 0 saturated heterocycles. The van der Waals surface area contributed by atoms with E-state index >= 15 is 0 Å². The molecule has 1 N–H and O–H groups in total. The van der Waals surface area contributed by atoms with Crippen molar-refractivity contribution in [2.45, 2.75) is 20.4 Å². The molecule has 0 bridgehead atoms. The predicted molar refractivity (Wildman–Crippen MR) is 112 cm³/mol. The van der Waals surface area contributed by atoms with Gasteiger partial charge in [0.2, 0.25) is 5.88 Å². The van der Waals surface area contributed by atoms with Gasteiger partial charge in [-0.25, -0.2) is 9.07 Å². The molecule has 152 valence electrons. The lowest BCUT2D eigenvalue weighted by Gasteiger charge is -2.09. The highest BCUT2D eigenvalue weighted by atomic mass is 19.1. The van der Waals surface area contributed by atoms with E-state index in [9.17, 15) is 9.18 Å². The Morgan fingerprint density at radius 3 is 2.67 bits per heavy atom. The number of para-hydroxylation sites is 1. The van der Waals surface area contributed by atoms with Gasteiger partial charge in [-0.3, -0.25) is 4.79 Å². The van der Waals surface area contributed by atoms with E-state index in [1.54, 1.807) is 22.9 Å². The first-order valence-electron chi connectivity index (χ1n) is 9.57. The molecule has 2 heterocycles. The van der Waals surface area contributed by atoms with Gasteiger partial charge in [-0.2, -0.15) is 10.1 Å². The highest BCUT2D eigenvalue weighted by Gasteiger charge is 2.15. The van der Waals surface area contributed by atoms with Crippen molar-refractivity contribution in [2.24, 2.45) is 0 Å². The van der Waals surface area contributed by atoms with Crippen LogP contribution in [0, 0.1) is 19.7 Å². The number of ether oxygens (including phenoxy) is 1. The minimum atomic E-state index is -0.337. The Labute approximate surface area is 173 Å². The summed E-state index contributed by atoms with van der Waals surface area (Å²) in [6.45, 7) is 3.94. The molecule has 0 aliphatic rings. The number of amides is 1. The second-order valence-electron chi connectivity index (χ2n) is 7.00. The van der Waals surface area contributed by atoms with Crippen LogP contribution in [-0.4, -0.2) is 27.3 Å². The van der Waals surface area contributed by atoms with Gasteiger partial charge >= 0.3 is 0 Å². The first-order valence-corrected chi connectivity index (χ1v) is 9.57. The molecular formula is C23H21FN4O2. The third-order valence-electron chi connectivity index (χ3n) is 4.72. The van der Waals surface area contributed by atoms with Crippen LogP contribution in [0.15, 0.2) is 60.7 Å². The van der Waals surface area contributed by atoms with Crippen LogP contribution in [0.25, 0.3) is 16.7 Å². The molecule has 2 aromatic heterocycles. The number of fused-ring (bicyclic) bond motifs is 1. The number of halogens is 1. The molecule has 4 rings (SSSR count). The van der Waals surface area contributed by atoms with Crippen LogP contribution < -0.4 is 10.1 Å². The maximum absolute atomic E-state index is 13.2. The molecule has 6 nitrogen and oxygen atoms in total. The lowest BCUT2D eigenvalue weighted by Crippen LogP contribution is -2.28. The van der Waals surface area contributed by atoms with Crippen molar-refractivity contribution < 1.29 is 13.9 Å². The van der Waals surface area contributed by atoms with Crippen LogP contribution in [0.2, 0.25) is 0 Å². The molecule has 30 heavy (non-hydrogen) atoms. The van der Waals surface area contributed by atoms with Gasteiger partial charge in [0.25, 0.3) is 5.91 Å². The minimum absolute atomic E-state index is 0.189. The summed E-state index contributed by atoms with van der Waals surface area (Å²) < 4.78 is 20.6. The van der Waals surface area contributed by atoms with Crippen LogP contribution in [0.4, 0.5) is 4.39 Å². The monoisotopic (exact) mass is 404 g/mol. The van der Waals surface area contributed by atoms with E-state index in [4.69, 9.17) is 4.74 Å². The molecule has 0 radical (unpaired) electrons. The Morgan fingerprint density at radius 2 is 1.90 bits per heavy atom. The van der Waals surface area contributed by atoms with Crippen molar-refractivity contribution in [3.05, 3.63) is 83.3 Å². The summed E-state index contributed by atoms with van der Waals surface area (Å²) in [7, 11) is 0. The quantitative estimate of drug-likeness (QED) is 0.530. The number of nitrogens with one attached hydrogen (secondary N) is 1. The van der Waals surface area contributed by atoms with Gasteiger partial charge < -0.3 is 10.1 Å². The average Bonchev–Trinajstić information content (AvgIpc) is 3.08. The third-order valence-corrected chi connectivity index (χ3v) is 4.72. The Balaban J connectivity index is 1.50. The summed E-state index contributed by atoms with van der Waals surface area (Å²) in [4.78, 5) is 16.7. The normalized spacial score (nSPS) is 10.9. The van der Waals surface area contributed by atoms with Gasteiger partial charge in [-0.1, -0.05) is 30.3 Å². The van der Waals surface area contributed by atoms with Gasteiger partial charge in [-0.05, 0) is 49.2 Å². The zero-order valence-electron chi connectivity index (χ0n) is 16.7. The zero-order chi connectivity index (χ0) is 21.1. The smallest absolute Gasteiger partial charge is 0.258 e. The molecule has 0 saturated carbocycles. The van der Waals surface area contributed by atoms with Crippen molar-refractivity contribution in [2.75, 3.05) is 6.61 Å². The number of rotatable bonds is 6. The first kappa shape index (κ1) is 19.6. The number of nitrogens with zero attached hydrogens (tertiary/aromatic N) is 3. The topological polar surface area (TPSA) is 69.0 Å². The van der Waals surface area contributed by atoms with Crippen molar-refractivity contribution >= 4 is 16.9 Å². The Bertz CT molecular complexity index is 1200. The molecule has 0 unspecified atom stereocenters. The minimum Gasteiger partial charge on any atom is -0.468 e. The largest absolute Gasteiger partial charge is 0.468 e. The second kappa shape index (κ2) is 8.32. The van der Waals surface area contributed by atoms with Crippen LogP contribution in [0.1, 0.15) is 16.8 Å². The summed E-state index contributed by atoms with van der Waals surface area (Å²) in [5.41, 5.74) is 4.09. The van der Waals surface area contributed by atoms with E-state index in [-0.39, 0.29) is 24.9 Å². The molecule has 1 amide bonds. The van der Waals surface area contributed by atoms with E-state index in [1.165, 1.54) is 12.1 Å². The highest BCUT2D eigenvalue weighted by molar-refractivity contribution is 5.84. The number of aromatic nitrogens is 3. The number of hydrogen-bond donors (Lipinski definition) is 1. The molecule has 0 atom stereocenters. The number of aryl methyl sites for hydroxylation is 2. The standard InChI is InChI=1S/C23H21FN4O2/c1-15-11-21(30-14-20(29)25-13-17-7-6-8-18(24)12-17)26-23-22(15)16(2)27-28(23)19-9-4-3-5-10-19/h3-12H,13-14H2,1-2H3,(H,25,29). The van der Waals surface area contributed by atoms with E-state index in [0.717, 1.165) is 22.3 Å². The third kappa shape index (κ3) is 4.15. The van der Waals surface area contributed by atoms with Crippen molar-refractivity contribution in [1.29, 1.82) is 0 Å². The fourth-order valence-corrected chi connectivity index (χ4v) is 3.34. The van der Waals surface area contributed by atoms with E-state index in [1.807, 2.05) is 44.2 Å². The van der Waals surface area contributed by atoms with Gasteiger partial charge in [0.1, 0.15) is 5.82 Å². The number of benzene rings is 2. The van der Waals surface area contributed by atoms with Crippen LogP contribution in [-0.2, 0) is 11.3 Å². The van der Waals surface area contributed by atoms with Gasteiger partial charge in [0.15, 0.2) is 12.3 Å². The fraction of sp³-hybridized carbons (Fsp3) is 0.174. The lowest BCUT2D eigenvalue weighted by molar-refractivity contribution is -0.123. The summed E-state index contributed by atoms with van der Waals surface area (Å²) in [6.07, 6.45) is 0. The summed E-state index contributed by atoms with van der Waals surface area (Å²) in [5, 5.41) is 8.29. The van der Waals surface area contributed by atoms with Gasteiger partial charge in [0, 0.05) is 18.0 Å². The van der Waals surface area contributed by atoms with Crippen molar-refractivity contribution in [3.63, 3.8) is 0 Å². The molecule has 4 aromatic rings. The molecule has 0 spiro atoms. The van der Waals surface area contributed by atoms with E-state index < -0.39 is 0 Å². The molecule has 0 aliphatic heterocycles. The summed E-state index contributed by atoms with van der Waals surface area (Å²) in [5.74, 6) is -0.305. The predicted octanol–water partition coefficient (Wildman–Crippen LogP) is 3.87. The number of pyridine rings is 1. The molecule has 7 heteroatoms. The zero-order valence-corrected chi connectivity index (χ0v) is 16.7. The van der Waals surface area contributed by atoms with Gasteiger partial charge in [-0.15, -0.1) is 0 Å². The molecular weight excluding hydrogens is 383 g/mol. The highest BCUT2D eigenvalue weighted by Crippen LogP contribution is 2.26. The SMILES string of the molecule is Cc1cc(OCC(=O)NCc2cccc(F)c2)nc2c1c(C)nn2-c1ccccc1. The number of hydrogen-bond acceptors (Lipinski definition) is 4. The maximum atomic E-state index is 13.2. The summed E-state index contributed by atoms with van der Waals surface area (Å²) in [6, 6.07) is 17.6. The van der Waals surface area contributed by atoms with Crippen molar-refractivity contribution in [3.8, 4) is 11.6 Å². The van der Waals surface area contributed by atoms with E-state index in [0.29, 0.717) is 17.1 Å². The van der Waals surface area contributed by atoms with Gasteiger partial charge in [0.05, 0.1) is 11.4 Å². The molecule has 0 aliphatic carbocycles. The average molecular weight is 404 g/mol. The number of carbonyl (C=O) groups is 1. The first-order chi connectivity index (χ1) is 14.5. The second-order valence-corrected chi connectivity index (χ2v) is 7.00. The Morgan fingerprint density at radius 1 is 1.10 bits per heavy atom. The molecule has 2 aromatic carbocycles. The Kier molecular flexibility index (Phi) is 5.43. The fourth-order valence-electron chi connectivity index (χ4n) is 3.34. The lowest BCUT2D eigenvalue weighted by atomic mass is 10.2. The Hall–Kier alpha value is -3.74. The maximum Gasteiger partial charge on any atom is 0.258 e. The summed E-state index contributed by atoms with van der Waals surface area (Å²) >= 11 is 0.